The fraction of sp³-hybridized carbons (Fsp3) is 0.727. The van der Waals surface area contributed by atoms with E-state index < -0.39 is 0 Å². The van der Waals surface area contributed by atoms with Gasteiger partial charge in [0.1, 0.15) is 0 Å². The van der Waals surface area contributed by atoms with Crippen molar-refractivity contribution in [2.24, 2.45) is 5.92 Å². The maximum absolute atomic E-state index is 3.95. The molecule has 0 nitrogen and oxygen atoms in total. The number of hydrogen-bond acceptors (Lipinski definition) is 0. The van der Waals surface area contributed by atoms with Crippen molar-refractivity contribution >= 4 is 0 Å². The summed E-state index contributed by atoms with van der Waals surface area (Å²) in [5.41, 5.74) is 0. The Bertz CT molecular complexity index is 51.0. The van der Waals surface area contributed by atoms with E-state index in [9.17, 15) is 0 Å². The van der Waals surface area contributed by atoms with E-state index in [1.54, 1.807) is 0 Å². The van der Waals surface area contributed by atoms with Crippen LogP contribution >= 0.6 is 0 Å². The van der Waals surface area contributed by atoms with Crippen LogP contribution in [-0.2, 0) is 0 Å². The van der Waals surface area contributed by atoms with Gasteiger partial charge in [-0.15, -0.1) is 0 Å². The van der Waals surface area contributed by atoms with E-state index in [4.69, 9.17) is 0 Å². The molecule has 0 N–H and O–H groups in total. The van der Waals surface area contributed by atoms with Crippen molar-refractivity contribution in [3.05, 3.63) is 20.8 Å². The van der Waals surface area contributed by atoms with Crippen molar-refractivity contribution in [1.29, 1.82) is 0 Å². The second-order valence-electron chi connectivity index (χ2n) is 2.77. The predicted octanol–water partition coefficient (Wildman–Crippen LogP) is 1.09. The zero-order chi connectivity index (χ0) is 9.11. The number of hydrogen-bond donors (Lipinski definition) is 0. The molecule has 0 bridgehead atoms. The maximum Gasteiger partial charge on any atom is 1.00 e. The van der Waals surface area contributed by atoms with Gasteiger partial charge in [-0.25, -0.2) is 12.8 Å². The van der Waals surface area contributed by atoms with E-state index in [2.05, 4.69) is 34.6 Å². The monoisotopic (exact) mass is 194 g/mol. The Morgan fingerprint density at radius 2 is 1.50 bits per heavy atom. The molecule has 1 heteroatoms. The molecule has 0 aliphatic rings. The minimum atomic E-state index is 0. The first-order valence-corrected chi connectivity index (χ1v) is 4.64. The van der Waals surface area contributed by atoms with E-state index in [-0.39, 0.29) is 51.4 Å². The van der Waals surface area contributed by atoms with Gasteiger partial charge in [0, 0.05) is 0 Å². The van der Waals surface area contributed by atoms with E-state index in [0.717, 1.165) is 12.8 Å². The van der Waals surface area contributed by atoms with Crippen LogP contribution < -0.4 is 51.4 Å². The summed E-state index contributed by atoms with van der Waals surface area (Å²) in [6, 6.07) is 0. The molecule has 0 heterocycles. The van der Waals surface area contributed by atoms with Gasteiger partial charge in [-0.2, -0.15) is 5.92 Å². The molecule has 0 aromatic rings. The minimum Gasteiger partial charge on any atom is -0.346 e. The van der Waals surface area contributed by atoms with Gasteiger partial charge in [0.15, 0.2) is 0 Å². The summed E-state index contributed by atoms with van der Waals surface area (Å²) in [6.45, 7) is 15.4. The van der Waals surface area contributed by atoms with Crippen LogP contribution in [-0.4, -0.2) is 0 Å². The summed E-state index contributed by atoms with van der Waals surface area (Å²) in [4.78, 5) is 0. The molecule has 0 spiro atoms. The van der Waals surface area contributed by atoms with Crippen molar-refractivity contribution in [1.82, 2.24) is 0 Å². The van der Waals surface area contributed by atoms with Gasteiger partial charge in [0.05, 0.1) is 0 Å². The molecule has 0 rings (SSSR count). The summed E-state index contributed by atoms with van der Waals surface area (Å²) in [5, 5.41) is 0. The van der Waals surface area contributed by atoms with Crippen LogP contribution in [0.15, 0.2) is 0 Å². The Balaban J connectivity index is -0.000000142. The average Bonchev–Trinajstić information content (AvgIpc) is 2.05. The zero-order valence-corrected chi connectivity index (χ0v) is 12.4. The molecule has 12 heavy (non-hydrogen) atoms. The molecule has 0 saturated heterocycles. The van der Waals surface area contributed by atoms with Crippen LogP contribution in [0.5, 0.6) is 0 Å². The molecular weight excluding hydrogens is 171 g/mol. The third kappa shape index (κ3) is 22.6. The summed E-state index contributed by atoms with van der Waals surface area (Å²) >= 11 is 0. The molecule has 0 saturated carbocycles. The Morgan fingerprint density at radius 1 is 1.08 bits per heavy atom. The van der Waals surface area contributed by atoms with Crippen molar-refractivity contribution in [2.45, 2.75) is 46.0 Å². The summed E-state index contributed by atoms with van der Waals surface area (Å²) in [6.07, 6.45) is 5.71. The Kier molecular flexibility index (Phi) is 29.6. The van der Waals surface area contributed by atoms with Crippen LogP contribution in [0.25, 0.3) is 0 Å². The van der Waals surface area contributed by atoms with Gasteiger partial charge in [-0.05, 0) is 0 Å². The fourth-order valence-corrected chi connectivity index (χ4v) is 0.612. The van der Waals surface area contributed by atoms with Crippen molar-refractivity contribution in [3.63, 3.8) is 0 Å². The normalized spacial score (nSPS) is 10.8. The minimum absolute atomic E-state index is 0. The Labute approximate surface area is 122 Å². The summed E-state index contributed by atoms with van der Waals surface area (Å²) in [7, 11) is 0. The average molecular weight is 194 g/mol. The van der Waals surface area contributed by atoms with Gasteiger partial charge >= 0.3 is 51.4 Å². The largest absolute Gasteiger partial charge is 1.00 e. The van der Waals surface area contributed by atoms with Crippen molar-refractivity contribution in [3.8, 4) is 0 Å². The molecule has 1 unspecified atom stereocenters. The topological polar surface area (TPSA) is 0 Å². The molecular formula is C11H23K-2. The third-order valence-electron chi connectivity index (χ3n) is 1.52. The molecule has 0 aliphatic heterocycles. The summed E-state index contributed by atoms with van der Waals surface area (Å²) in [5.74, 6) is 0.699. The Hall–Kier alpha value is 1.64. The van der Waals surface area contributed by atoms with Gasteiger partial charge in [0.25, 0.3) is 0 Å². The smallest absolute Gasteiger partial charge is 0.346 e. The quantitative estimate of drug-likeness (QED) is 0.464. The molecule has 0 amide bonds. The molecule has 0 fully saturated rings. The fourth-order valence-electron chi connectivity index (χ4n) is 0.612. The van der Waals surface area contributed by atoms with Crippen LogP contribution in [0.2, 0.25) is 0 Å². The third-order valence-corrected chi connectivity index (χ3v) is 1.52. The van der Waals surface area contributed by atoms with Gasteiger partial charge in [0.2, 0.25) is 0 Å². The van der Waals surface area contributed by atoms with Crippen LogP contribution in [0.4, 0.5) is 0 Å². The van der Waals surface area contributed by atoms with Crippen LogP contribution in [0.1, 0.15) is 46.0 Å². The van der Waals surface area contributed by atoms with Crippen molar-refractivity contribution < 1.29 is 51.4 Å². The summed E-state index contributed by atoms with van der Waals surface area (Å²) < 4.78 is 0. The SMILES string of the molecule is [CH2-]C(CC)CCC.[CH2-]CC[CH2-].[K+]. The second kappa shape index (κ2) is 18.4. The van der Waals surface area contributed by atoms with Crippen LogP contribution in [0, 0.1) is 26.7 Å². The van der Waals surface area contributed by atoms with Gasteiger partial charge < -0.3 is 20.8 Å². The van der Waals surface area contributed by atoms with E-state index in [1.165, 1.54) is 19.3 Å². The standard InChI is InChI=1S/C7H15.C4H8.K/c1-4-6-7(3)5-2;1-3-4-2;/h7H,3-6H2,1-2H3;1-4H2;/q-1;-2;+1. The predicted molar refractivity (Wildman–Crippen MR) is 54.0 cm³/mol. The Morgan fingerprint density at radius 3 is 1.58 bits per heavy atom. The molecule has 0 aliphatic carbocycles. The first-order valence-electron chi connectivity index (χ1n) is 4.64. The van der Waals surface area contributed by atoms with Crippen molar-refractivity contribution in [2.75, 3.05) is 0 Å². The molecule has 0 aromatic carbocycles. The van der Waals surface area contributed by atoms with E-state index in [0.29, 0.717) is 5.92 Å². The second-order valence-corrected chi connectivity index (χ2v) is 2.77. The first-order chi connectivity index (χ1) is 5.22. The molecule has 0 aromatic heterocycles. The van der Waals surface area contributed by atoms with Gasteiger partial charge in [-0.3, -0.25) is 0 Å². The van der Waals surface area contributed by atoms with Crippen LogP contribution in [0.3, 0.4) is 0 Å². The van der Waals surface area contributed by atoms with E-state index >= 15 is 0 Å². The zero-order valence-electron chi connectivity index (χ0n) is 9.23. The molecule has 1 atom stereocenters. The number of rotatable bonds is 4. The van der Waals surface area contributed by atoms with Gasteiger partial charge in [-0.1, -0.05) is 33.1 Å². The molecule has 0 radical (unpaired) electrons. The first kappa shape index (κ1) is 19.2. The maximum atomic E-state index is 3.95. The molecule has 70 valence electrons. The van der Waals surface area contributed by atoms with E-state index in [1.807, 2.05) is 0 Å². The number of unbranched alkanes of at least 4 members (excludes halogenated alkanes) is 1.